The third kappa shape index (κ3) is 4.34. The summed E-state index contributed by atoms with van der Waals surface area (Å²) in [6, 6.07) is 15.3. The lowest BCUT2D eigenvalue weighted by molar-refractivity contribution is 0.0600. The fourth-order valence-electron chi connectivity index (χ4n) is 3.00. The van der Waals surface area contributed by atoms with Crippen molar-refractivity contribution in [3.63, 3.8) is 0 Å². The van der Waals surface area contributed by atoms with E-state index in [1.165, 1.54) is 7.11 Å². The number of amidine groups is 1. The first kappa shape index (κ1) is 19.0. The Balaban J connectivity index is 1.77. The number of aliphatic imine (C=N–C) groups is 1. The Hall–Kier alpha value is -2.73. The van der Waals surface area contributed by atoms with Crippen molar-refractivity contribution >= 4 is 34.3 Å². The molecule has 0 aliphatic carbocycles. The highest BCUT2D eigenvalue weighted by Crippen LogP contribution is 2.36. The first-order chi connectivity index (χ1) is 12.9. The molecule has 1 heterocycles. The number of thioether (sulfide) groups is 1. The number of anilines is 1. The van der Waals surface area contributed by atoms with Crippen LogP contribution in [-0.2, 0) is 10.3 Å². The summed E-state index contributed by atoms with van der Waals surface area (Å²) < 4.78 is 4.72. The van der Waals surface area contributed by atoms with Crippen LogP contribution in [0.25, 0.3) is 5.70 Å². The van der Waals surface area contributed by atoms with Crippen LogP contribution in [0.5, 0.6) is 0 Å². The van der Waals surface area contributed by atoms with Crippen molar-refractivity contribution < 1.29 is 9.53 Å². The molecule has 1 aliphatic rings. The molecular weight excluding hydrogens is 358 g/mol. The second-order valence-electron chi connectivity index (χ2n) is 6.58. The highest BCUT2D eigenvalue weighted by Gasteiger charge is 2.29. The number of carbonyl (C=O) groups is 1. The zero-order valence-electron chi connectivity index (χ0n) is 15.5. The number of esters is 1. The van der Waals surface area contributed by atoms with Crippen LogP contribution < -0.4 is 11.1 Å². The highest BCUT2D eigenvalue weighted by molar-refractivity contribution is 8.13. The molecule has 3 N–H and O–H groups in total. The number of nitrogens with two attached hydrogens (primary N) is 1. The van der Waals surface area contributed by atoms with Gasteiger partial charge in [-0.25, -0.2) is 4.79 Å². The molecule has 140 valence electrons. The van der Waals surface area contributed by atoms with Crippen LogP contribution in [0, 0.1) is 0 Å². The van der Waals surface area contributed by atoms with E-state index < -0.39 is 0 Å². The molecule has 27 heavy (non-hydrogen) atoms. The predicted molar refractivity (Wildman–Crippen MR) is 113 cm³/mol. The topological polar surface area (TPSA) is 76.7 Å². The van der Waals surface area contributed by atoms with Crippen LogP contribution in [0.15, 0.2) is 60.1 Å². The van der Waals surface area contributed by atoms with E-state index in [0.717, 1.165) is 34.7 Å². The molecule has 0 radical (unpaired) electrons. The Morgan fingerprint density at radius 3 is 2.63 bits per heavy atom. The Morgan fingerprint density at radius 1 is 1.26 bits per heavy atom. The molecule has 1 unspecified atom stereocenters. The van der Waals surface area contributed by atoms with E-state index in [9.17, 15) is 4.79 Å². The molecule has 6 heteroatoms. The van der Waals surface area contributed by atoms with Gasteiger partial charge in [-0.1, -0.05) is 42.6 Å². The summed E-state index contributed by atoms with van der Waals surface area (Å²) in [6.45, 7) is 6.22. The number of carbonyl (C=O) groups excluding carboxylic acids is 1. The summed E-state index contributed by atoms with van der Waals surface area (Å²) >= 11 is 1.60. The second kappa shape index (κ2) is 7.88. The molecule has 0 aromatic heterocycles. The normalized spacial score (nSPS) is 19.1. The summed E-state index contributed by atoms with van der Waals surface area (Å²) in [5, 5.41) is 3.97. The maximum absolute atomic E-state index is 11.5. The van der Waals surface area contributed by atoms with E-state index in [2.05, 4.69) is 35.9 Å². The van der Waals surface area contributed by atoms with Gasteiger partial charge in [0.15, 0.2) is 5.17 Å². The minimum atomic E-state index is -0.355. The molecule has 3 rings (SSSR count). The first-order valence-corrected chi connectivity index (χ1v) is 9.63. The number of nitrogens with one attached hydrogen (secondary N) is 1. The van der Waals surface area contributed by atoms with Crippen LogP contribution in [0.2, 0.25) is 0 Å². The SMILES string of the molecule is C=C(Nc1cccc(C2(C)CCSC(N)=N2)c1)c1ccc(C(=O)OC)cc1. The van der Waals surface area contributed by atoms with Gasteiger partial charge in [0.25, 0.3) is 0 Å². The molecule has 0 bridgehead atoms. The van der Waals surface area contributed by atoms with E-state index >= 15 is 0 Å². The number of benzene rings is 2. The summed E-state index contributed by atoms with van der Waals surface area (Å²) in [4.78, 5) is 16.2. The molecule has 0 spiro atoms. The van der Waals surface area contributed by atoms with Crippen LogP contribution in [0.3, 0.4) is 0 Å². The van der Waals surface area contributed by atoms with Gasteiger partial charge in [0, 0.05) is 17.1 Å². The van der Waals surface area contributed by atoms with Gasteiger partial charge in [-0.05, 0) is 48.7 Å². The smallest absolute Gasteiger partial charge is 0.337 e. The third-order valence-electron chi connectivity index (χ3n) is 4.63. The van der Waals surface area contributed by atoms with E-state index in [4.69, 9.17) is 10.5 Å². The fraction of sp³-hybridized carbons (Fsp3) is 0.238. The molecule has 0 amide bonds. The number of methoxy groups -OCH3 is 1. The highest BCUT2D eigenvalue weighted by atomic mass is 32.2. The van der Waals surface area contributed by atoms with Crippen molar-refractivity contribution in [3.05, 3.63) is 71.8 Å². The molecule has 2 aromatic carbocycles. The number of hydrogen-bond donors (Lipinski definition) is 2. The summed E-state index contributed by atoms with van der Waals surface area (Å²) in [6.07, 6.45) is 0.942. The average molecular weight is 382 g/mol. The van der Waals surface area contributed by atoms with Crippen molar-refractivity contribution in [2.75, 3.05) is 18.2 Å². The molecular formula is C21H23N3O2S. The van der Waals surface area contributed by atoms with Gasteiger partial charge in [-0.15, -0.1) is 0 Å². The Bertz CT molecular complexity index is 893. The van der Waals surface area contributed by atoms with Gasteiger partial charge in [0.1, 0.15) is 0 Å². The molecule has 0 saturated heterocycles. The van der Waals surface area contributed by atoms with Gasteiger partial charge in [0.05, 0.1) is 18.2 Å². The molecule has 1 atom stereocenters. The summed E-state index contributed by atoms with van der Waals surface area (Å²) in [5.41, 5.74) is 9.83. The van der Waals surface area contributed by atoms with Crippen molar-refractivity contribution in [1.29, 1.82) is 0 Å². The lowest BCUT2D eigenvalue weighted by Crippen LogP contribution is -2.28. The second-order valence-corrected chi connectivity index (χ2v) is 7.69. The predicted octanol–water partition coefficient (Wildman–Crippen LogP) is 4.22. The number of rotatable bonds is 5. The molecule has 5 nitrogen and oxygen atoms in total. The van der Waals surface area contributed by atoms with Crippen molar-refractivity contribution in [3.8, 4) is 0 Å². The summed E-state index contributed by atoms with van der Waals surface area (Å²) in [7, 11) is 1.37. The van der Waals surface area contributed by atoms with Gasteiger partial charge < -0.3 is 15.8 Å². The maximum Gasteiger partial charge on any atom is 0.337 e. The fourth-order valence-corrected chi connectivity index (χ4v) is 3.97. The number of hydrogen-bond acceptors (Lipinski definition) is 6. The lowest BCUT2D eigenvalue weighted by atomic mass is 9.89. The minimum Gasteiger partial charge on any atom is -0.465 e. The largest absolute Gasteiger partial charge is 0.465 e. The van der Waals surface area contributed by atoms with E-state index in [1.54, 1.807) is 23.9 Å². The molecule has 2 aromatic rings. The third-order valence-corrected chi connectivity index (χ3v) is 5.43. The van der Waals surface area contributed by atoms with Gasteiger partial charge in [-0.3, -0.25) is 4.99 Å². The van der Waals surface area contributed by atoms with E-state index in [-0.39, 0.29) is 11.5 Å². The van der Waals surface area contributed by atoms with Gasteiger partial charge in [0.2, 0.25) is 0 Å². The Kier molecular flexibility index (Phi) is 5.56. The van der Waals surface area contributed by atoms with E-state index in [0.29, 0.717) is 10.7 Å². The Labute approximate surface area is 163 Å². The van der Waals surface area contributed by atoms with Crippen molar-refractivity contribution in [2.24, 2.45) is 10.7 Å². The zero-order chi connectivity index (χ0) is 19.4. The summed E-state index contributed by atoms with van der Waals surface area (Å²) in [5.74, 6) is 0.606. The van der Waals surface area contributed by atoms with Crippen LogP contribution in [0.4, 0.5) is 5.69 Å². The molecule has 0 fully saturated rings. The quantitative estimate of drug-likeness (QED) is 0.758. The minimum absolute atomic E-state index is 0.309. The zero-order valence-corrected chi connectivity index (χ0v) is 16.3. The van der Waals surface area contributed by atoms with Crippen LogP contribution in [-0.4, -0.2) is 24.0 Å². The first-order valence-electron chi connectivity index (χ1n) is 8.65. The molecule has 1 aliphatic heterocycles. The number of ether oxygens (including phenoxy) is 1. The average Bonchev–Trinajstić information content (AvgIpc) is 2.67. The van der Waals surface area contributed by atoms with Crippen LogP contribution >= 0.6 is 11.8 Å². The van der Waals surface area contributed by atoms with Crippen molar-refractivity contribution in [2.45, 2.75) is 18.9 Å². The Morgan fingerprint density at radius 2 is 1.96 bits per heavy atom. The lowest BCUT2D eigenvalue weighted by Gasteiger charge is -2.30. The monoisotopic (exact) mass is 381 g/mol. The van der Waals surface area contributed by atoms with E-state index in [1.807, 2.05) is 24.3 Å². The molecule has 0 saturated carbocycles. The standard InChI is InChI=1S/C21H23N3O2S/c1-14(15-7-9-16(10-8-15)19(25)26-3)23-18-6-4-5-17(13-18)21(2)11-12-27-20(22)24-21/h4-10,13,23H,1,11-12H2,2-3H3,(H2,22,24). The van der Waals surface area contributed by atoms with Crippen molar-refractivity contribution in [1.82, 2.24) is 0 Å². The number of nitrogens with zero attached hydrogens (tertiary/aromatic N) is 1. The maximum atomic E-state index is 11.5. The van der Waals surface area contributed by atoms with Gasteiger partial charge in [-0.2, -0.15) is 0 Å². The van der Waals surface area contributed by atoms with Crippen LogP contribution in [0.1, 0.15) is 34.8 Å². The van der Waals surface area contributed by atoms with Gasteiger partial charge >= 0.3 is 5.97 Å².